The molecule has 3 nitrogen and oxygen atoms in total. The molecule has 0 aliphatic carbocycles. The molecular weight excluding hydrogens is 200 g/mol. The maximum Gasteiger partial charge on any atom is 0.0712 e. The number of ether oxygens (including phenoxy) is 1. The maximum absolute atomic E-state index is 5.62. The van der Waals surface area contributed by atoms with Crippen molar-refractivity contribution in [2.45, 2.75) is 31.5 Å². The van der Waals surface area contributed by atoms with Gasteiger partial charge in [-0.3, -0.25) is 0 Å². The number of nitrogens with two attached hydrogens (primary N) is 1. The van der Waals surface area contributed by atoms with Gasteiger partial charge in [-0.05, 0) is 18.4 Å². The standard InChI is InChI=1S/C13H20N2O/c14-9-13-8-12(6-7-16-13)15-10-11-4-2-1-3-5-11/h1-5,12-13,15H,6-10,14H2. The molecule has 3 N–H and O–H groups in total. The molecular formula is C13H20N2O. The molecule has 0 spiro atoms. The van der Waals surface area contributed by atoms with Gasteiger partial charge in [0.15, 0.2) is 0 Å². The van der Waals surface area contributed by atoms with E-state index in [9.17, 15) is 0 Å². The largest absolute Gasteiger partial charge is 0.377 e. The lowest BCUT2D eigenvalue weighted by atomic mass is 10.0. The second-order valence-corrected chi connectivity index (χ2v) is 4.32. The molecule has 0 radical (unpaired) electrons. The van der Waals surface area contributed by atoms with Crippen molar-refractivity contribution in [2.24, 2.45) is 5.73 Å². The van der Waals surface area contributed by atoms with E-state index in [4.69, 9.17) is 10.5 Å². The van der Waals surface area contributed by atoms with E-state index in [2.05, 4.69) is 29.6 Å². The van der Waals surface area contributed by atoms with Crippen molar-refractivity contribution in [1.29, 1.82) is 0 Å². The third-order valence-electron chi connectivity index (χ3n) is 3.07. The Labute approximate surface area is 97.0 Å². The topological polar surface area (TPSA) is 47.3 Å². The molecule has 1 aliphatic heterocycles. The zero-order chi connectivity index (χ0) is 11.2. The number of rotatable bonds is 4. The Morgan fingerprint density at radius 1 is 1.31 bits per heavy atom. The molecule has 1 heterocycles. The molecule has 0 aromatic heterocycles. The zero-order valence-corrected chi connectivity index (χ0v) is 9.56. The number of nitrogens with one attached hydrogen (secondary N) is 1. The maximum atomic E-state index is 5.62. The minimum Gasteiger partial charge on any atom is -0.377 e. The minimum absolute atomic E-state index is 0.238. The first-order valence-corrected chi connectivity index (χ1v) is 5.97. The summed E-state index contributed by atoms with van der Waals surface area (Å²) in [6.45, 7) is 2.39. The van der Waals surface area contributed by atoms with Gasteiger partial charge in [-0.25, -0.2) is 0 Å². The smallest absolute Gasteiger partial charge is 0.0712 e. The Bertz CT molecular complexity index is 302. The van der Waals surface area contributed by atoms with Gasteiger partial charge in [0.05, 0.1) is 6.10 Å². The molecule has 2 rings (SSSR count). The van der Waals surface area contributed by atoms with E-state index in [0.717, 1.165) is 26.0 Å². The van der Waals surface area contributed by atoms with Crippen LogP contribution in [0.2, 0.25) is 0 Å². The molecule has 0 bridgehead atoms. The van der Waals surface area contributed by atoms with Gasteiger partial charge in [0.25, 0.3) is 0 Å². The molecule has 2 atom stereocenters. The molecule has 0 saturated carbocycles. The van der Waals surface area contributed by atoms with Crippen LogP contribution in [0.15, 0.2) is 30.3 Å². The second kappa shape index (κ2) is 5.99. The average Bonchev–Trinajstić information content (AvgIpc) is 2.38. The first kappa shape index (κ1) is 11.6. The molecule has 3 heteroatoms. The summed E-state index contributed by atoms with van der Waals surface area (Å²) in [5, 5.41) is 3.57. The Kier molecular flexibility index (Phi) is 4.34. The van der Waals surface area contributed by atoms with E-state index in [1.807, 2.05) is 6.07 Å². The lowest BCUT2D eigenvalue weighted by Crippen LogP contribution is -2.41. The Morgan fingerprint density at radius 2 is 2.12 bits per heavy atom. The summed E-state index contributed by atoms with van der Waals surface area (Å²) in [6, 6.07) is 11.0. The normalized spacial score (nSPS) is 25.6. The van der Waals surface area contributed by atoms with E-state index in [1.165, 1.54) is 5.56 Å². The van der Waals surface area contributed by atoms with Crippen LogP contribution >= 0.6 is 0 Å². The summed E-state index contributed by atoms with van der Waals surface area (Å²) in [5.74, 6) is 0. The van der Waals surface area contributed by atoms with Gasteiger partial charge in [-0.2, -0.15) is 0 Å². The van der Waals surface area contributed by atoms with Gasteiger partial charge >= 0.3 is 0 Å². The minimum atomic E-state index is 0.238. The highest BCUT2D eigenvalue weighted by Crippen LogP contribution is 2.13. The van der Waals surface area contributed by atoms with Crippen LogP contribution in [0.5, 0.6) is 0 Å². The van der Waals surface area contributed by atoms with E-state index < -0.39 is 0 Å². The number of hydrogen-bond donors (Lipinski definition) is 2. The predicted octanol–water partition coefficient (Wildman–Crippen LogP) is 1.28. The zero-order valence-electron chi connectivity index (χ0n) is 9.56. The van der Waals surface area contributed by atoms with Crippen LogP contribution in [0, 0.1) is 0 Å². The summed E-state index contributed by atoms with van der Waals surface area (Å²) in [6.07, 6.45) is 2.36. The van der Waals surface area contributed by atoms with Crippen LogP contribution in [0.25, 0.3) is 0 Å². The van der Waals surface area contributed by atoms with Gasteiger partial charge in [0, 0.05) is 25.7 Å². The van der Waals surface area contributed by atoms with Crippen LogP contribution in [0.3, 0.4) is 0 Å². The average molecular weight is 220 g/mol. The molecule has 1 saturated heterocycles. The molecule has 1 aliphatic rings. The van der Waals surface area contributed by atoms with Crippen LogP contribution in [-0.2, 0) is 11.3 Å². The van der Waals surface area contributed by atoms with Crippen LogP contribution in [0.1, 0.15) is 18.4 Å². The first-order valence-electron chi connectivity index (χ1n) is 5.97. The monoisotopic (exact) mass is 220 g/mol. The van der Waals surface area contributed by atoms with E-state index in [0.29, 0.717) is 12.6 Å². The molecule has 1 aromatic rings. The SMILES string of the molecule is NCC1CC(NCc2ccccc2)CCO1. The summed E-state index contributed by atoms with van der Waals surface area (Å²) in [5.41, 5.74) is 6.95. The fourth-order valence-electron chi connectivity index (χ4n) is 2.09. The highest BCUT2D eigenvalue weighted by Gasteiger charge is 2.20. The van der Waals surface area contributed by atoms with Crippen LogP contribution in [-0.4, -0.2) is 25.3 Å². The molecule has 88 valence electrons. The van der Waals surface area contributed by atoms with Gasteiger partial charge in [-0.15, -0.1) is 0 Å². The third kappa shape index (κ3) is 3.30. The van der Waals surface area contributed by atoms with Gasteiger partial charge in [-0.1, -0.05) is 30.3 Å². The Hall–Kier alpha value is -0.900. The van der Waals surface area contributed by atoms with Crippen molar-refractivity contribution < 1.29 is 4.74 Å². The van der Waals surface area contributed by atoms with Gasteiger partial charge in [0.2, 0.25) is 0 Å². The summed E-state index contributed by atoms with van der Waals surface area (Å²) in [4.78, 5) is 0. The van der Waals surface area contributed by atoms with Crippen molar-refractivity contribution in [1.82, 2.24) is 5.32 Å². The highest BCUT2D eigenvalue weighted by atomic mass is 16.5. The van der Waals surface area contributed by atoms with Crippen LogP contribution < -0.4 is 11.1 Å². The quantitative estimate of drug-likeness (QED) is 0.803. The first-order chi connectivity index (χ1) is 7.88. The third-order valence-corrected chi connectivity index (χ3v) is 3.07. The summed E-state index contributed by atoms with van der Waals surface area (Å²) in [7, 11) is 0. The van der Waals surface area contributed by atoms with Crippen molar-refractivity contribution in [3.63, 3.8) is 0 Å². The molecule has 1 fully saturated rings. The number of hydrogen-bond acceptors (Lipinski definition) is 3. The van der Waals surface area contributed by atoms with E-state index >= 15 is 0 Å². The summed E-state index contributed by atoms with van der Waals surface area (Å²) < 4.78 is 5.54. The number of benzene rings is 1. The highest BCUT2D eigenvalue weighted by molar-refractivity contribution is 5.14. The predicted molar refractivity (Wildman–Crippen MR) is 65.1 cm³/mol. The lowest BCUT2D eigenvalue weighted by Gasteiger charge is -2.29. The van der Waals surface area contributed by atoms with Crippen molar-refractivity contribution in [3.05, 3.63) is 35.9 Å². The molecule has 1 aromatic carbocycles. The Balaban J connectivity index is 1.77. The van der Waals surface area contributed by atoms with Gasteiger partial charge < -0.3 is 15.8 Å². The van der Waals surface area contributed by atoms with Gasteiger partial charge in [0.1, 0.15) is 0 Å². The molecule has 16 heavy (non-hydrogen) atoms. The van der Waals surface area contributed by atoms with Crippen molar-refractivity contribution >= 4 is 0 Å². The second-order valence-electron chi connectivity index (χ2n) is 4.32. The fourth-order valence-corrected chi connectivity index (χ4v) is 2.09. The lowest BCUT2D eigenvalue weighted by molar-refractivity contribution is 0.00716. The Morgan fingerprint density at radius 3 is 2.88 bits per heavy atom. The fraction of sp³-hybridized carbons (Fsp3) is 0.538. The van der Waals surface area contributed by atoms with E-state index in [-0.39, 0.29) is 6.10 Å². The van der Waals surface area contributed by atoms with E-state index in [1.54, 1.807) is 0 Å². The summed E-state index contributed by atoms with van der Waals surface area (Å²) >= 11 is 0. The van der Waals surface area contributed by atoms with Crippen LogP contribution in [0.4, 0.5) is 0 Å². The van der Waals surface area contributed by atoms with Crippen molar-refractivity contribution in [2.75, 3.05) is 13.2 Å². The molecule has 2 unspecified atom stereocenters. The van der Waals surface area contributed by atoms with Crippen molar-refractivity contribution in [3.8, 4) is 0 Å². The molecule has 0 amide bonds.